The molecule has 1 amide bonds. The molecule has 1 aromatic carbocycles. The highest BCUT2D eigenvalue weighted by Gasteiger charge is 2.30. The molecule has 1 fully saturated rings. The normalized spacial score (nSPS) is 26.2. The number of anilines is 1. The fourth-order valence-electron chi connectivity index (χ4n) is 2.69. The number of hydrogen-bond acceptors (Lipinski definition) is 3. The van der Waals surface area contributed by atoms with Gasteiger partial charge in [0, 0.05) is 23.4 Å². The summed E-state index contributed by atoms with van der Waals surface area (Å²) in [6.07, 6.45) is 2.22. The van der Waals surface area contributed by atoms with E-state index in [-0.39, 0.29) is 11.9 Å². The predicted molar refractivity (Wildman–Crippen MR) is 76.2 cm³/mol. The van der Waals surface area contributed by atoms with E-state index in [0.29, 0.717) is 28.8 Å². The summed E-state index contributed by atoms with van der Waals surface area (Å²) in [5.74, 6) is 1.72. The zero-order chi connectivity index (χ0) is 14.0. The lowest BCUT2D eigenvalue weighted by atomic mass is 9.97. The molecule has 0 radical (unpaired) electrons. The van der Waals surface area contributed by atoms with Crippen LogP contribution < -0.4 is 15.8 Å². The Kier molecular flexibility index (Phi) is 3.98. The largest absolute Gasteiger partial charge is 0.497 e. The van der Waals surface area contributed by atoms with Crippen LogP contribution in [0.4, 0.5) is 5.69 Å². The lowest BCUT2D eigenvalue weighted by molar-refractivity contribution is 0.0927. The number of carbonyl (C=O) groups excluding carboxylic acids is 1. The van der Waals surface area contributed by atoms with Gasteiger partial charge >= 0.3 is 0 Å². The van der Waals surface area contributed by atoms with Gasteiger partial charge in [-0.2, -0.15) is 0 Å². The van der Waals surface area contributed by atoms with Gasteiger partial charge in [0.1, 0.15) is 5.75 Å². The van der Waals surface area contributed by atoms with Crippen molar-refractivity contribution >= 4 is 11.6 Å². The number of amides is 1. The van der Waals surface area contributed by atoms with Crippen molar-refractivity contribution in [3.05, 3.63) is 23.8 Å². The molecular weight excluding hydrogens is 240 g/mol. The Morgan fingerprint density at radius 3 is 2.63 bits per heavy atom. The first-order chi connectivity index (χ1) is 9.01. The van der Waals surface area contributed by atoms with E-state index in [1.165, 1.54) is 6.42 Å². The van der Waals surface area contributed by atoms with Gasteiger partial charge in [0.25, 0.3) is 5.91 Å². The van der Waals surface area contributed by atoms with Crippen LogP contribution in [-0.2, 0) is 0 Å². The monoisotopic (exact) mass is 262 g/mol. The molecule has 0 saturated heterocycles. The predicted octanol–water partition coefficient (Wildman–Crippen LogP) is 2.44. The van der Waals surface area contributed by atoms with E-state index >= 15 is 0 Å². The maximum absolute atomic E-state index is 12.3. The van der Waals surface area contributed by atoms with Crippen LogP contribution in [0.1, 0.15) is 37.0 Å². The van der Waals surface area contributed by atoms with E-state index in [1.54, 1.807) is 25.3 Å². The van der Waals surface area contributed by atoms with Crippen LogP contribution in [0.5, 0.6) is 5.75 Å². The van der Waals surface area contributed by atoms with Gasteiger partial charge in [-0.1, -0.05) is 13.8 Å². The van der Waals surface area contributed by atoms with E-state index in [1.807, 2.05) is 0 Å². The van der Waals surface area contributed by atoms with Gasteiger partial charge in [0.05, 0.1) is 7.11 Å². The summed E-state index contributed by atoms with van der Waals surface area (Å²) in [7, 11) is 1.57. The number of nitrogens with one attached hydrogen (secondary N) is 1. The van der Waals surface area contributed by atoms with Crippen LogP contribution >= 0.6 is 0 Å². The Morgan fingerprint density at radius 2 is 2.05 bits per heavy atom. The van der Waals surface area contributed by atoms with Gasteiger partial charge in [0.2, 0.25) is 0 Å². The fraction of sp³-hybridized carbons (Fsp3) is 0.533. The first kappa shape index (κ1) is 13.7. The summed E-state index contributed by atoms with van der Waals surface area (Å²) in [6, 6.07) is 5.36. The molecule has 1 saturated carbocycles. The van der Waals surface area contributed by atoms with Crippen LogP contribution in [0.25, 0.3) is 0 Å². The number of carbonyl (C=O) groups is 1. The Balaban J connectivity index is 2.10. The van der Waals surface area contributed by atoms with E-state index < -0.39 is 0 Å². The van der Waals surface area contributed by atoms with Gasteiger partial charge in [-0.3, -0.25) is 4.79 Å². The number of rotatable bonds is 3. The van der Waals surface area contributed by atoms with Crippen LogP contribution in [0.3, 0.4) is 0 Å². The third-order valence-electron chi connectivity index (χ3n) is 4.21. The summed E-state index contributed by atoms with van der Waals surface area (Å²) in [6.45, 7) is 4.43. The number of nitrogen functional groups attached to an aromatic ring is 1. The zero-order valence-electron chi connectivity index (χ0n) is 11.8. The highest BCUT2D eigenvalue weighted by atomic mass is 16.5. The second kappa shape index (κ2) is 5.51. The second-order valence-electron chi connectivity index (χ2n) is 5.49. The lowest BCUT2D eigenvalue weighted by Gasteiger charge is -2.20. The number of nitrogens with two attached hydrogens (primary N) is 1. The number of methoxy groups -OCH3 is 1. The third-order valence-corrected chi connectivity index (χ3v) is 4.21. The molecule has 1 aromatic rings. The highest BCUT2D eigenvalue weighted by Crippen LogP contribution is 2.31. The molecular formula is C15H22N2O2. The van der Waals surface area contributed by atoms with Crippen molar-refractivity contribution in [1.82, 2.24) is 5.32 Å². The van der Waals surface area contributed by atoms with Crippen molar-refractivity contribution in [2.45, 2.75) is 32.7 Å². The minimum atomic E-state index is -0.0726. The van der Waals surface area contributed by atoms with Gasteiger partial charge in [-0.05, 0) is 36.8 Å². The number of ether oxygens (including phenoxy) is 1. The molecule has 0 heterocycles. The molecule has 4 nitrogen and oxygen atoms in total. The summed E-state index contributed by atoms with van der Waals surface area (Å²) < 4.78 is 5.13. The Morgan fingerprint density at radius 1 is 1.32 bits per heavy atom. The van der Waals surface area contributed by atoms with E-state index in [9.17, 15) is 4.79 Å². The smallest absolute Gasteiger partial charge is 0.251 e. The second-order valence-corrected chi connectivity index (χ2v) is 5.49. The highest BCUT2D eigenvalue weighted by molar-refractivity contribution is 5.95. The molecule has 19 heavy (non-hydrogen) atoms. The van der Waals surface area contributed by atoms with Crippen molar-refractivity contribution in [1.29, 1.82) is 0 Å². The number of benzene rings is 1. The summed E-state index contributed by atoms with van der Waals surface area (Å²) >= 11 is 0. The molecule has 0 aromatic heterocycles. The average molecular weight is 262 g/mol. The van der Waals surface area contributed by atoms with Crippen molar-refractivity contribution in [3.8, 4) is 5.75 Å². The van der Waals surface area contributed by atoms with E-state index in [2.05, 4.69) is 19.2 Å². The molecule has 0 aliphatic heterocycles. The van der Waals surface area contributed by atoms with Crippen molar-refractivity contribution < 1.29 is 9.53 Å². The zero-order valence-corrected chi connectivity index (χ0v) is 11.8. The third kappa shape index (κ3) is 3.00. The van der Waals surface area contributed by atoms with Gasteiger partial charge < -0.3 is 15.8 Å². The molecule has 104 valence electrons. The molecule has 0 spiro atoms. The average Bonchev–Trinajstić information content (AvgIpc) is 2.70. The summed E-state index contributed by atoms with van der Waals surface area (Å²) in [5, 5.41) is 3.10. The van der Waals surface area contributed by atoms with Crippen LogP contribution in [-0.4, -0.2) is 19.1 Å². The fourth-order valence-corrected chi connectivity index (χ4v) is 2.69. The SMILES string of the molecule is COc1cc(N)cc(C(=O)NC2CCC(C)C2C)c1. The van der Waals surface area contributed by atoms with Crippen molar-refractivity contribution in [2.75, 3.05) is 12.8 Å². The summed E-state index contributed by atoms with van der Waals surface area (Å²) in [4.78, 5) is 12.3. The van der Waals surface area contributed by atoms with Crippen LogP contribution in [0.2, 0.25) is 0 Å². The minimum Gasteiger partial charge on any atom is -0.497 e. The maximum atomic E-state index is 12.3. The Hall–Kier alpha value is -1.71. The quantitative estimate of drug-likeness (QED) is 0.822. The van der Waals surface area contributed by atoms with Crippen molar-refractivity contribution in [2.24, 2.45) is 11.8 Å². The van der Waals surface area contributed by atoms with Crippen molar-refractivity contribution in [3.63, 3.8) is 0 Å². The first-order valence-corrected chi connectivity index (χ1v) is 6.76. The Labute approximate surface area is 114 Å². The van der Waals surface area contributed by atoms with E-state index in [0.717, 1.165) is 6.42 Å². The molecule has 2 rings (SSSR count). The maximum Gasteiger partial charge on any atom is 0.251 e. The molecule has 3 unspecified atom stereocenters. The minimum absolute atomic E-state index is 0.0726. The molecule has 3 atom stereocenters. The van der Waals surface area contributed by atoms with Crippen LogP contribution in [0, 0.1) is 11.8 Å². The lowest BCUT2D eigenvalue weighted by Crippen LogP contribution is -2.37. The summed E-state index contributed by atoms with van der Waals surface area (Å²) in [5.41, 5.74) is 6.87. The molecule has 1 aliphatic carbocycles. The van der Waals surface area contributed by atoms with Gasteiger partial charge in [-0.25, -0.2) is 0 Å². The molecule has 0 bridgehead atoms. The number of hydrogen-bond donors (Lipinski definition) is 2. The van der Waals surface area contributed by atoms with E-state index in [4.69, 9.17) is 10.5 Å². The van der Waals surface area contributed by atoms with Gasteiger partial charge in [-0.15, -0.1) is 0 Å². The first-order valence-electron chi connectivity index (χ1n) is 6.76. The molecule has 4 heteroatoms. The standard InChI is InChI=1S/C15H22N2O2/c1-9-4-5-14(10(9)2)17-15(18)11-6-12(16)8-13(7-11)19-3/h6-10,14H,4-5,16H2,1-3H3,(H,17,18). The topological polar surface area (TPSA) is 64.3 Å². The van der Waals surface area contributed by atoms with Crippen LogP contribution in [0.15, 0.2) is 18.2 Å². The molecule has 1 aliphatic rings. The van der Waals surface area contributed by atoms with Gasteiger partial charge in [0.15, 0.2) is 0 Å². The Bertz CT molecular complexity index is 473. The molecule has 3 N–H and O–H groups in total.